The molecule has 0 aliphatic rings. The summed E-state index contributed by atoms with van der Waals surface area (Å²) in [5.41, 5.74) is -4.77. The molecule has 2 aromatic heterocycles. The fraction of sp³-hybridized carbons (Fsp3) is 0.312. The van der Waals surface area contributed by atoms with Crippen LogP contribution in [0.4, 0.5) is 30.7 Å². The third-order valence-corrected chi connectivity index (χ3v) is 4.18. The molecular weight excluding hydrogens is 413 g/mol. The van der Waals surface area contributed by atoms with Gasteiger partial charge in [0.1, 0.15) is 16.9 Å². The number of fused-ring (bicyclic) bond motifs is 1. The van der Waals surface area contributed by atoms with Crippen molar-refractivity contribution in [2.45, 2.75) is 31.7 Å². The number of benzene rings is 1. The minimum Gasteiger partial charge on any atom is -0.292 e. The quantitative estimate of drug-likeness (QED) is 0.633. The van der Waals surface area contributed by atoms with Crippen LogP contribution in [0, 0.1) is 5.82 Å². The fourth-order valence-corrected chi connectivity index (χ4v) is 2.90. The van der Waals surface area contributed by atoms with Crippen molar-refractivity contribution in [1.82, 2.24) is 19.7 Å². The van der Waals surface area contributed by atoms with Gasteiger partial charge in [-0.1, -0.05) is 6.07 Å². The third kappa shape index (κ3) is 4.03. The van der Waals surface area contributed by atoms with E-state index in [4.69, 9.17) is 0 Å². The lowest BCUT2D eigenvalue weighted by atomic mass is 10.1. The molecule has 0 aliphatic carbocycles. The van der Waals surface area contributed by atoms with Crippen LogP contribution in [0.3, 0.4) is 0 Å². The molecule has 0 saturated heterocycles. The molecular formula is C16H11F7N4O2. The highest BCUT2D eigenvalue weighted by Crippen LogP contribution is 2.33. The molecule has 6 nitrogen and oxygen atoms in total. The van der Waals surface area contributed by atoms with Crippen LogP contribution in [-0.2, 0) is 12.6 Å². The Morgan fingerprint density at radius 3 is 2.31 bits per heavy atom. The number of nitrogens with one attached hydrogen (secondary N) is 2. The van der Waals surface area contributed by atoms with Gasteiger partial charge < -0.3 is 0 Å². The van der Waals surface area contributed by atoms with Crippen LogP contribution in [0.5, 0.6) is 0 Å². The largest absolute Gasteiger partial charge is 0.419 e. The van der Waals surface area contributed by atoms with E-state index in [1.807, 2.05) is 0 Å². The van der Waals surface area contributed by atoms with Crippen LogP contribution < -0.4 is 11.2 Å². The second-order valence-corrected chi connectivity index (χ2v) is 6.23. The van der Waals surface area contributed by atoms with Crippen molar-refractivity contribution in [1.29, 1.82) is 0 Å². The molecule has 1 aromatic carbocycles. The number of alkyl halides is 6. The topological polar surface area (TPSA) is 83.5 Å². The SMILES string of the molecule is C[C@@H](c1ccc(C(F)(F)F)c(F)c1)n1nc(CC(F)(F)F)c2c(=O)[nH]c(=O)[nH]c21. The summed E-state index contributed by atoms with van der Waals surface area (Å²) in [7, 11) is 0. The second-order valence-electron chi connectivity index (χ2n) is 6.23. The van der Waals surface area contributed by atoms with Crippen LogP contribution >= 0.6 is 0 Å². The third-order valence-electron chi connectivity index (χ3n) is 4.18. The number of hydrogen-bond acceptors (Lipinski definition) is 3. The number of H-pyrrole nitrogens is 2. The van der Waals surface area contributed by atoms with Crippen LogP contribution in [0.1, 0.15) is 29.8 Å². The molecule has 156 valence electrons. The second kappa shape index (κ2) is 6.74. The summed E-state index contributed by atoms with van der Waals surface area (Å²) < 4.78 is 91.4. The first-order valence-corrected chi connectivity index (χ1v) is 7.95. The van der Waals surface area contributed by atoms with Crippen molar-refractivity contribution in [3.63, 3.8) is 0 Å². The Labute approximate surface area is 156 Å². The number of aromatic amines is 2. The van der Waals surface area contributed by atoms with Crippen molar-refractivity contribution >= 4 is 11.0 Å². The van der Waals surface area contributed by atoms with E-state index in [1.54, 1.807) is 4.98 Å². The summed E-state index contributed by atoms with van der Waals surface area (Å²) in [5, 5.41) is 3.19. The Balaban J connectivity index is 2.18. The molecule has 0 amide bonds. The Morgan fingerprint density at radius 2 is 1.76 bits per heavy atom. The normalized spacial score (nSPS) is 13.8. The highest BCUT2D eigenvalue weighted by atomic mass is 19.4. The van der Waals surface area contributed by atoms with E-state index in [-0.39, 0.29) is 11.2 Å². The van der Waals surface area contributed by atoms with Gasteiger partial charge in [0.2, 0.25) is 0 Å². The molecule has 0 radical (unpaired) electrons. The van der Waals surface area contributed by atoms with Gasteiger partial charge in [-0.05, 0) is 24.6 Å². The molecule has 2 heterocycles. The lowest BCUT2D eigenvalue weighted by Crippen LogP contribution is -2.23. The van der Waals surface area contributed by atoms with Gasteiger partial charge in [-0.25, -0.2) is 13.9 Å². The van der Waals surface area contributed by atoms with Crippen molar-refractivity contribution in [2.24, 2.45) is 0 Å². The molecule has 2 N–H and O–H groups in total. The highest BCUT2D eigenvalue weighted by Gasteiger charge is 2.35. The Hall–Kier alpha value is -3.12. The summed E-state index contributed by atoms with van der Waals surface area (Å²) in [4.78, 5) is 27.5. The van der Waals surface area contributed by atoms with Gasteiger partial charge in [0.05, 0.1) is 23.7 Å². The van der Waals surface area contributed by atoms with Crippen LogP contribution in [0.25, 0.3) is 11.0 Å². The summed E-state index contributed by atoms with van der Waals surface area (Å²) in [6.45, 7) is 1.31. The van der Waals surface area contributed by atoms with Crippen LogP contribution in [-0.4, -0.2) is 25.9 Å². The average molecular weight is 424 g/mol. The van der Waals surface area contributed by atoms with Crippen molar-refractivity contribution < 1.29 is 30.7 Å². The summed E-state index contributed by atoms with van der Waals surface area (Å²) in [6, 6.07) is 0.877. The minimum absolute atomic E-state index is 0.0698. The van der Waals surface area contributed by atoms with E-state index in [9.17, 15) is 40.3 Å². The molecule has 0 spiro atoms. The monoisotopic (exact) mass is 424 g/mol. The number of halogens is 7. The molecule has 29 heavy (non-hydrogen) atoms. The molecule has 0 bridgehead atoms. The zero-order valence-electron chi connectivity index (χ0n) is 14.4. The summed E-state index contributed by atoms with van der Waals surface area (Å²) in [5.74, 6) is -1.58. The number of aromatic nitrogens is 4. The molecule has 0 saturated carbocycles. The van der Waals surface area contributed by atoms with Crippen molar-refractivity contribution in [3.05, 3.63) is 61.7 Å². The van der Waals surface area contributed by atoms with Gasteiger partial charge in [0, 0.05) is 0 Å². The first-order valence-electron chi connectivity index (χ1n) is 7.95. The predicted molar refractivity (Wildman–Crippen MR) is 85.9 cm³/mol. The zero-order valence-corrected chi connectivity index (χ0v) is 14.4. The maximum absolute atomic E-state index is 13.9. The van der Waals surface area contributed by atoms with E-state index in [0.717, 1.165) is 10.7 Å². The standard InChI is InChI=1S/C16H11F7N4O2/c1-6(7-2-3-8(9(17)4-7)16(21,22)23)27-12-11(13(28)25-14(29)24-12)10(26-27)5-15(18,19)20/h2-4,6H,5H2,1H3,(H2,24,25,28,29)/t6-/m0/s1. The van der Waals surface area contributed by atoms with Crippen LogP contribution in [0.15, 0.2) is 27.8 Å². The maximum Gasteiger partial charge on any atom is 0.419 e. The first kappa shape index (κ1) is 20.6. The molecule has 0 aliphatic heterocycles. The zero-order chi connectivity index (χ0) is 21.7. The van der Waals surface area contributed by atoms with Crippen molar-refractivity contribution in [3.8, 4) is 0 Å². The van der Waals surface area contributed by atoms with Crippen molar-refractivity contribution in [2.75, 3.05) is 0 Å². The number of nitrogens with zero attached hydrogens (tertiary/aromatic N) is 2. The Morgan fingerprint density at radius 1 is 1.10 bits per heavy atom. The predicted octanol–water partition coefficient (Wildman–Crippen LogP) is 3.28. The van der Waals surface area contributed by atoms with Gasteiger partial charge >= 0.3 is 18.0 Å². The summed E-state index contributed by atoms with van der Waals surface area (Å²) in [6.07, 6.45) is -11.2. The first-order chi connectivity index (χ1) is 13.3. The highest BCUT2D eigenvalue weighted by molar-refractivity contribution is 5.77. The molecule has 3 aromatic rings. The Kier molecular flexibility index (Phi) is 4.79. The van der Waals surface area contributed by atoms with Gasteiger partial charge in [-0.2, -0.15) is 31.4 Å². The smallest absolute Gasteiger partial charge is 0.292 e. The van der Waals surface area contributed by atoms with Gasteiger partial charge in [0.25, 0.3) is 5.56 Å². The molecule has 3 rings (SSSR count). The molecule has 13 heteroatoms. The summed E-state index contributed by atoms with van der Waals surface area (Å²) >= 11 is 0. The number of hydrogen-bond donors (Lipinski definition) is 2. The molecule has 1 atom stereocenters. The van der Waals surface area contributed by atoms with E-state index in [2.05, 4.69) is 10.1 Å². The van der Waals surface area contributed by atoms with Gasteiger partial charge in [-0.3, -0.25) is 14.8 Å². The lowest BCUT2D eigenvalue weighted by molar-refractivity contribution is -0.140. The average Bonchev–Trinajstić information content (AvgIpc) is 2.89. The van der Waals surface area contributed by atoms with Gasteiger partial charge in [-0.15, -0.1) is 0 Å². The molecule has 0 fully saturated rings. The van der Waals surface area contributed by atoms with E-state index in [0.29, 0.717) is 12.1 Å². The Bertz CT molecular complexity index is 1190. The van der Waals surface area contributed by atoms with E-state index >= 15 is 0 Å². The lowest BCUT2D eigenvalue weighted by Gasteiger charge is -2.16. The van der Waals surface area contributed by atoms with Gasteiger partial charge in [0.15, 0.2) is 0 Å². The van der Waals surface area contributed by atoms with Crippen LogP contribution in [0.2, 0.25) is 0 Å². The fourth-order valence-electron chi connectivity index (χ4n) is 2.90. The number of rotatable bonds is 3. The maximum atomic E-state index is 13.9. The molecule has 0 unspecified atom stereocenters. The minimum atomic E-state index is -4.93. The van der Waals surface area contributed by atoms with E-state index < -0.39 is 58.5 Å². The van der Waals surface area contributed by atoms with E-state index in [1.165, 1.54) is 6.92 Å².